The number of rotatable bonds is 6. The Labute approximate surface area is 123 Å². The Balaban J connectivity index is 1.99. The second-order valence-electron chi connectivity index (χ2n) is 4.44. The fraction of sp³-hybridized carbons (Fsp3) is 0.462. The molecule has 1 aliphatic rings. The predicted molar refractivity (Wildman–Crippen MR) is 79.7 cm³/mol. The van der Waals surface area contributed by atoms with Crippen LogP contribution in [0.15, 0.2) is 18.1 Å². The van der Waals surface area contributed by atoms with Gasteiger partial charge in [-0.05, 0) is 31.6 Å². The van der Waals surface area contributed by atoms with Gasteiger partial charge in [0.2, 0.25) is 0 Å². The topological polar surface area (TPSA) is 59.4 Å². The molecule has 1 N–H and O–H groups in total. The minimum Gasteiger partial charge on any atom is -0.382 e. The van der Waals surface area contributed by atoms with Gasteiger partial charge in [0, 0.05) is 38.6 Å². The molecule has 1 amide bonds. The van der Waals surface area contributed by atoms with Crippen molar-refractivity contribution in [1.29, 1.82) is 0 Å². The van der Waals surface area contributed by atoms with Crippen LogP contribution < -0.4 is 5.32 Å². The summed E-state index contributed by atoms with van der Waals surface area (Å²) in [6, 6.07) is 0. The number of nitrogens with zero attached hydrogens (tertiary/aromatic N) is 3. The van der Waals surface area contributed by atoms with Crippen LogP contribution >= 0.6 is 12.2 Å². The van der Waals surface area contributed by atoms with Crippen LogP contribution in [0.2, 0.25) is 0 Å². The molecule has 0 atom stereocenters. The Hall–Kier alpha value is -1.73. The lowest BCUT2D eigenvalue weighted by Gasteiger charge is -2.13. The Morgan fingerprint density at radius 1 is 1.55 bits per heavy atom. The number of thiocarbonyl (C=S) groups is 1. The molecule has 7 heteroatoms. The van der Waals surface area contributed by atoms with Gasteiger partial charge in [0.15, 0.2) is 5.11 Å². The highest BCUT2D eigenvalue weighted by Gasteiger charge is 2.29. The molecule has 0 aliphatic carbocycles. The van der Waals surface area contributed by atoms with Crippen LogP contribution in [0, 0.1) is 0 Å². The summed E-state index contributed by atoms with van der Waals surface area (Å²) in [5.41, 5.74) is 1.35. The third-order valence-corrected chi connectivity index (χ3v) is 3.20. The van der Waals surface area contributed by atoms with Crippen LogP contribution in [0.25, 0.3) is 6.08 Å². The summed E-state index contributed by atoms with van der Waals surface area (Å²) in [6.07, 6.45) is 6.05. The maximum Gasteiger partial charge on any atom is 0.276 e. The predicted octanol–water partition coefficient (Wildman–Crippen LogP) is 0.904. The molecule has 1 fully saturated rings. The maximum absolute atomic E-state index is 12.2. The zero-order chi connectivity index (χ0) is 14.5. The van der Waals surface area contributed by atoms with E-state index in [1.165, 1.54) is 0 Å². The molecule has 1 aromatic heterocycles. The van der Waals surface area contributed by atoms with E-state index in [4.69, 9.17) is 17.0 Å². The summed E-state index contributed by atoms with van der Waals surface area (Å²) in [7, 11) is 1.83. The van der Waals surface area contributed by atoms with E-state index in [2.05, 4.69) is 10.4 Å². The van der Waals surface area contributed by atoms with Crippen molar-refractivity contribution >= 4 is 29.3 Å². The zero-order valence-corrected chi connectivity index (χ0v) is 12.4. The van der Waals surface area contributed by atoms with E-state index < -0.39 is 0 Å². The molecule has 1 saturated heterocycles. The lowest BCUT2D eigenvalue weighted by atomic mass is 10.2. The Morgan fingerprint density at radius 3 is 3.00 bits per heavy atom. The van der Waals surface area contributed by atoms with Gasteiger partial charge in [0.1, 0.15) is 5.70 Å². The van der Waals surface area contributed by atoms with E-state index in [0.717, 1.165) is 12.0 Å². The highest BCUT2D eigenvalue weighted by atomic mass is 32.1. The minimum atomic E-state index is -0.102. The number of aromatic nitrogens is 2. The van der Waals surface area contributed by atoms with Gasteiger partial charge in [0.25, 0.3) is 5.91 Å². The first-order chi connectivity index (χ1) is 9.61. The summed E-state index contributed by atoms with van der Waals surface area (Å²) in [5.74, 6) is -0.102. The lowest BCUT2D eigenvalue weighted by Crippen LogP contribution is -2.32. The third kappa shape index (κ3) is 3.43. The fourth-order valence-electron chi connectivity index (χ4n) is 1.93. The molecule has 0 bridgehead atoms. The van der Waals surface area contributed by atoms with Gasteiger partial charge < -0.3 is 10.1 Å². The summed E-state index contributed by atoms with van der Waals surface area (Å²) < 4.78 is 6.95. The smallest absolute Gasteiger partial charge is 0.276 e. The molecule has 0 saturated carbocycles. The van der Waals surface area contributed by atoms with Crippen molar-refractivity contribution in [2.24, 2.45) is 7.05 Å². The van der Waals surface area contributed by atoms with Crippen molar-refractivity contribution < 1.29 is 9.53 Å². The molecule has 6 nitrogen and oxygen atoms in total. The maximum atomic E-state index is 12.2. The molecule has 0 radical (unpaired) electrons. The van der Waals surface area contributed by atoms with E-state index >= 15 is 0 Å². The summed E-state index contributed by atoms with van der Waals surface area (Å²) >= 11 is 5.19. The average molecular weight is 294 g/mol. The Bertz CT molecular complexity index is 538. The molecule has 108 valence electrons. The number of carbonyl (C=O) groups is 1. The van der Waals surface area contributed by atoms with Crippen molar-refractivity contribution in [2.45, 2.75) is 13.3 Å². The fourth-order valence-corrected chi connectivity index (χ4v) is 2.21. The largest absolute Gasteiger partial charge is 0.382 e. The molecular formula is C13H18N4O2S. The standard InChI is InChI=1S/C13H18N4O2S/c1-3-19-6-4-5-17-12(18)11(15-13(17)20)7-10-8-14-16(2)9-10/h7-9H,3-6H2,1-2H3,(H,15,20). The van der Waals surface area contributed by atoms with Gasteiger partial charge in [-0.1, -0.05) is 0 Å². The lowest BCUT2D eigenvalue weighted by molar-refractivity contribution is -0.122. The normalized spacial score (nSPS) is 17.1. The highest BCUT2D eigenvalue weighted by molar-refractivity contribution is 7.80. The van der Waals surface area contributed by atoms with Gasteiger partial charge in [-0.15, -0.1) is 0 Å². The summed E-state index contributed by atoms with van der Waals surface area (Å²) in [5, 5.41) is 7.45. The van der Waals surface area contributed by atoms with Gasteiger partial charge in [-0.25, -0.2) is 0 Å². The van der Waals surface area contributed by atoms with Crippen LogP contribution in [0.4, 0.5) is 0 Å². The van der Waals surface area contributed by atoms with E-state index in [1.807, 2.05) is 20.2 Å². The van der Waals surface area contributed by atoms with Crippen LogP contribution in [0.3, 0.4) is 0 Å². The van der Waals surface area contributed by atoms with Crippen LogP contribution in [-0.4, -0.2) is 45.5 Å². The van der Waals surface area contributed by atoms with Crippen molar-refractivity contribution in [3.05, 3.63) is 23.7 Å². The zero-order valence-electron chi connectivity index (χ0n) is 11.6. The van der Waals surface area contributed by atoms with Crippen molar-refractivity contribution in [3.8, 4) is 0 Å². The first kappa shape index (κ1) is 14.7. The van der Waals surface area contributed by atoms with Crippen molar-refractivity contribution in [1.82, 2.24) is 20.0 Å². The average Bonchev–Trinajstić information content (AvgIpc) is 2.93. The summed E-state index contributed by atoms with van der Waals surface area (Å²) in [4.78, 5) is 13.8. The molecule has 1 aliphatic heterocycles. The van der Waals surface area contributed by atoms with E-state index in [1.54, 1.807) is 21.9 Å². The van der Waals surface area contributed by atoms with Crippen LogP contribution in [0.1, 0.15) is 18.9 Å². The van der Waals surface area contributed by atoms with E-state index in [9.17, 15) is 4.79 Å². The molecule has 2 heterocycles. The number of carbonyl (C=O) groups excluding carboxylic acids is 1. The van der Waals surface area contributed by atoms with Gasteiger partial charge in [-0.3, -0.25) is 14.4 Å². The SMILES string of the molecule is CCOCCCN1C(=O)C(=Cc2cnn(C)c2)NC1=S. The number of amides is 1. The summed E-state index contributed by atoms with van der Waals surface area (Å²) in [6.45, 7) is 3.82. The second-order valence-corrected chi connectivity index (χ2v) is 4.83. The molecule has 0 spiro atoms. The van der Waals surface area contributed by atoms with Crippen LogP contribution in [-0.2, 0) is 16.6 Å². The van der Waals surface area contributed by atoms with Crippen molar-refractivity contribution in [3.63, 3.8) is 0 Å². The van der Waals surface area contributed by atoms with Gasteiger partial charge >= 0.3 is 0 Å². The second kappa shape index (κ2) is 6.62. The highest BCUT2D eigenvalue weighted by Crippen LogP contribution is 2.14. The number of nitrogens with one attached hydrogen (secondary N) is 1. The van der Waals surface area contributed by atoms with Crippen LogP contribution in [0.5, 0.6) is 0 Å². The molecule has 20 heavy (non-hydrogen) atoms. The molecule has 0 unspecified atom stereocenters. The monoisotopic (exact) mass is 294 g/mol. The third-order valence-electron chi connectivity index (χ3n) is 2.87. The Kier molecular flexibility index (Phi) is 4.86. The number of ether oxygens (including phenoxy) is 1. The molecule has 0 aromatic carbocycles. The van der Waals surface area contributed by atoms with Gasteiger partial charge in [-0.2, -0.15) is 5.10 Å². The molecule has 1 aromatic rings. The number of aryl methyl sites for hydroxylation is 1. The molecular weight excluding hydrogens is 276 g/mol. The van der Waals surface area contributed by atoms with Gasteiger partial charge in [0.05, 0.1) is 6.20 Å². The first-order valence-corrected chi connectivity index (χ1v) is 6.93. The van der Waals surface area contributed by atoms with Crippen molar-refractivity contribution in [2.75, 3.05) is 19.8 Å². The first-order valence-electron chi connectivity index (χ1n) is 6.52. The number of hydrogen-bond donors (Lipinski definition) is 1. The molecule has 2 rings (SSSR count). The quantitative estimate of drug-likeness (QED) is 0.480. The Morgan fingerprint density at radius 2 is 2.35 bits per heavy atom. The van der Waals surface area contributed by atoms with E-state index in [0.29, 0.717) is 30.6 Å². The minimum absolute atomic E-state index is 0.102. The number of hydrogen-bond acceptors (Lipinski definition) is 4. The van der Waals surface area contributed by atoms with E-state index in [-0.39, 0.29) is 5.91 Å².